The molecule has 0 amide bonds. The van der Waals surface area contributed by atoms with E-state index in [0.29, 0.717) is 0 Å². The lowest BCUT2D eigenvalue weighted by atomic mass is 10.5. The van der Waals surface area contributed by atoms with E-state index in [4.69, 9.17) is 35.9 Å². The average Bonchev–Trinajstić information content (AvgIpc) is 2.34. The van der Waals surface area contributed by atoms with Gasteiger partial charge in [-0.25, -0.2) is 4.98 Å². The lowest BCUT2D eigenvalue weighted by Gasteiger charge is -2.22. The van der Waals surface area contributed by atoms with Crippen LogP contribution in [-0.4, -0.2) is 41.7 Å². The number of aromatic nitrogens is 2. The minimum atomic E-state index is -3.30. The van der Waals surface area contributed by atoms with Gasteiger partial charge in [0.05, 0.1) is 18.8 Å². The molecule has 0 aliphatic carbocycles. The van der Waals surface area contributed by atoms with Crippen LogP contribution in [0.3, 0.4) is 0 Å². The van der Waals surface area contributed by atoms with Gasteiger partial charge in [0.2, 0.25) is 11.8 Å². The molecule has 0 aromatic carbocycles. The number of nitrogens with zero attached hydrogens (tertiary/aromatic N) is 2. The highest BCUT2D eigenvalue weighted by molar-refractivity contribution is 7.53. The fourth-order valence-electron chi connectivity index (χ4n) is 1.60. The second kappa shape index (κ2) is 9.39. The Labute approximate surface area is 141 Å². The van der Waals surface area contributed by atoms with E-state index in [2.05, 4.69) is 9.97 Å². The predicted octanol–water partition coefficient (Wildman–Crippen LogP) is 3.11. The van der Waals surface area contributed by atoms with Crippen molar-refractivity contribution in [2.75, 3.05) is 25.3 Å². The van der Waals surface area contributed by atoms with Crippen LogP contribution in [0.5, 0.6) is 5.88 Å². The summed E-state index contributed by atoms with van der Waals surface area (Å²) in [6, 6.07) is 1.44. The Kier molecular flexibility index (Phi) is 8.22. The average molecular weight is 368 g/mol. The standard InChI is InChI=1S/C13H23ClN3O5P/c1-9(2)21-23(18,22-10(3)4)8-19-5-6-20-12-7-11(14)16-13(15)17-12/h7,9-10H,5-6,8H2,1-4H3,(H2,15,16,17). The molecule has 1 aromatic rings. The van der Waals surface area contributed by atoms with Crippen LogP contribution in [0.15, 0.2) is 6.07 Å². The predicted molar refractivity (Wildman–Crippen MR) is 87.8 cm³/mol. The first kappa shape index (κ1) is 20.1. The highest BCUT2D eigenvalue weighted by atomic mass is 35.5. The monoisotopic (exact) mass is 367 g/mol. The van der Waals surface area contributed by atoms with Gasteiger partial charge in [-0.3, -0.25) is 4.57 Å². The Bertz CT molecular complexity index is 510. The van der Waals surface area contributed by atoms with Gasteiger partial charge in [-0.15, -0.1) is 0 Å². The largest absolute Gasteiger partial charge is 0.475 e. The second-order valence-corrected chi connectivity index (χ2v) is 7.48. The van der Waals surface area contributed by atoms with Crippen LogP contribution in [0.2, 0.25) is 5.15 Å². The zero-order valence-electron chi connectivity index (χ0n) is 13.7. The fraction of sp³-hybridized carbons (Fsp3) is 0.692. The summed E-state index contributed by atoms with van der Waals surface area (Å²) in [5.74, 6) is 0.264. The molecule has 0 atom stereocenters. The van der Waals surface area contributed by atoms with E-state index >= 15 is 0 Å². The van der Waals surface area contributed by atoms with Gasteiger partial charge in [-0.1, -0.05) is 11.6 Å². The van der Waals surface area contributed by atoms with Crippen molar-refractivity contribution in [2.45, 2.75) is 39.9 Å². The molecule has 132 valence electrons. The van der Waals surface area contributed by atoms with Crippen molar-refractivity contribution in [3.8, 4) is 5.88 Å². The number of ether oxygens (including phenoxy) is 2. The van der Waals surface area contributed by atoms with Gasteiger partial charge < -0.3 is 24.3 Å². The topological polar surface area (TPSA) is 106 Å². The Morgan fingerprint density at radius 3 is 2.30 bits per heavy atom. The molecule has 0 saturated carbocycles. The molecule has 0 unspecified atom stereocenters. The molecule has 0 saturated heterocycles. The number of halogens is 1. The summed E-state index contributed by atoms with van der Waals surface area (Å²) in [6.07, 6.45) is -0.615. The van der Waals surface area contributed by atoms with E-state index < -0.39 is 7.60 Å². The van der Waals surface area contributed by atoms with Crippen LogP contribution < -0.4 is 10.5 Å². The molecule has 8 nitrogen and oxygen atoms in total. The third kappa shape index (κ3) is 8.48. The molecular formula is C13H23ClN3O5P. The van der Waals surface area contributed by atoms with Crippen molar-refractivity contribution in [3.63, 3.8) is 0 Å². The van der Waals surface area contributed by atoms with Crippen LogP contribution in [0.25, 0.3) is 0 Å². The summed E-state index contributed by atoms with van der Waals surface area (Å²) in [5, 5.41) is 0.189. The van der Waals surface area contributed by atoms with Gasteiger partial charge in [0.25, 0.3) is 0 Å². The molecule has 1 heterocycles. The summed E-state index contributed by atoms with van der Waals surface area (Å²) in [5.41, 5.74) is 5.45. The van der Waals surface area contributed by atoms with Crippen molar-refractivity contribution < 1.29 is 23.1 Å². The normalized spacial score (nSPS) is 12.1. The third-order valence-corrected chi connectivity index (χ3v) is 4.34. The summed E-state index contributed by atoms with van der Waals surface area (Å²) in [4.78, 5) is 7.58. The number of hydrogen-bond donors (Lipinski definition) is 1. The molecule has 0 aliphatic rings. The molecule has 0 bridgehead atoms. The van der Waals surface area contributed by atoms with Gasteiger partial charge in [0.1, 0.15) is 18.1 Å². The highest BCUT2D eigenvalue weighted by Gasteiger charge is 2.28. The zero-order valence-corrected chi connectivity index (χ0v) is 15.3. The number of nitrogen functional groups attached to an aromatic ring is 1. The molecule has 0 radical (unpaired) electrons. The van der Waals surface area contributed by atoms with Crippen molar-refractivity contribution in [1.29, 1.82) is 0 Å². The Morgan fingerprint density at radius 1 is 1.17 bits per heavy atom. The van der Waals surface area contributed by atoms with Crippen molar-refractivity contribution >= 4 is 25.1 Å². The summed E-state index contributed by atoms with van der Waals surface area (Å²) in [7, 11) is -3.30. The Hall–Kier alpha value is -0.920. The fourth-order valence-corrected chi connectivity index (χ4v) is 3.59. The minimum Gasteiger partial charge on any atom is -0.475 e. The number of hydrogen-bond acceptors (Lipinski definition) is 8. The van der Waals surface area contributed by atoms with E-state index in [1.54, 1.807) is 27.7 Å². The first-order chi connectivity index (χ1) is 10.7. The van der Waals surface area contributed by atoms with E-state index in [-0.39, 0.29) is 48.8 Å². The minimum absolute atomic E-state index is 0.0218. The molecule has 1 rings (SSSR count). The lowest BCUT2D eigenvalue weighted by Crippen LogP contribution is -2.14. The summed E-state index contributed by atoms with van der Waals surface area (Å²) in [6.45, 7) is 7.47. The molecule has 0 aliphatic heterocycles. The molecule has 23 heavy (non-hydrogen) atoms. The van der Waals surface area contributed by atoms with E-state index in [0.717, 1.165) is 0 Å². The summed E-state index contributed by atoms with van der Waals surface area (Å²) >= 11 is 5.73. The Balaban J connectivity index is 2.40. The van der Waals surface area contributed by atoms with E-state index in [9.17, 15) is 4.57 Å². The van der Waals surface area contributed by atoms with Crippen molar-refractivity contribution in [1.82, 2.24) is 9.97 Å². The van der Waals surface area contributed by atoms with Crippen molar-refractivity contribution in [3.05, 3.63) is 11.2 Å². The van der Waals surface area contributed by atoms with E-state index in [1.807, 2.05) is 0 Å². The number of nitrogens with two attached hydrogens (primary N) is 1. The smallest absolute Gasteiger partial charge is 0.356 e. The van der Waals surface area contributed by atoms with Crippen LogP contribution in [-0.2, 0) is 18.3 Å². The van der Waals surface area contributed by atoms with Gasteiger partial charge in [-0.2, -0.15) is 4.98 Å². The van der Waals surface area contributed by atoms with Crippen LogP contribution >= 0.6 is 19.2 Å². The van der Waals surface area contributed by atoms with Crippen LogP contribution in [0.4, 0.5) is 5.95 Å². The molecular weight excluding hydrogens is 345 g/mol. The molecule has 1 aromatic heterocycles. The maximum atomic E-state index is 12.5. The number of anilines is 1. The first-order valence-corrected chi connectivity index (χ1v) is 9.27. The second-order valence-electron chi connectivity index (χ2n) is 5.19. The third-order valence-electron chi connectivity index (χ3n) is 2.16. The molecule has 0 fully saturated rings. The number of rotatable bonds is 10. The highest BCUT2D eigenvalue weighted by Crippen LogP contribution is 2.50. The Morgan fingerprint density at radius 2 is 1.78 bits per heavy atom. The molecule has 10 heteroatoms. The zero-order chi connectivity index (χ0) is 17.5. The van der Waals surface area contributed by atoms with Gasteiger partial charge in [-0.05, 0) is 27.7 Å². The molecule has 2 N–H and O–H groups in total. The van der Waals surface area contributed by atoms with Crippen molar-refractivity contribution in [2.24, 2.45) is 0 Å². The SMILES string of the molecule is CC(C)OP(=O)(COCCOc1cc(Cl)nc(N)n1)OC(C)C. The quantitative estimate of drug-likeness (QED) is 0.382. The van der Waals surface area contributed by atoms with Crippen LogP contribution in [0.1, 0.15) is 27.7 Å². The maximum absolute atomic E-state index is 12.5. The van der Waals surface area contributed by atoms with Gasteiger partial charge in [0.15, 0.2) is 0 Å². The van der Waals surface area contributed by atoms with Crippen LogP contribution in [0, 0.1) is 0 Å². The molecule has 0 spiro atoms. The lowest BCUT2D eigenvalue weighted by molar-refractivity contribution is 0.0844. The maximum Gasteiger partial charge on any atom is 0.356 e. The first-order valence-electron chi connectivity index (χ1n) is 7.16. The van der Waals surface area contributed by atoms with E-state index in [1.165, 1.54) is 6.07 Å². The summed E-state index contributed by atoms with van der Waals surface area (Å²) < 4.78 is 33.9. The van der Waals surface area contributed by atoms with Gasteiger partial charge >= 0.3 is 7.60 Å². The van der Waals surface area contributed by atoms with Gasteiger partial charge in [0, 0.05) is 6.07 Å².